The van der Waals surface area contributed by atoms with Crippen molar-refractivity contribution < 1.29 is 9.59 Å². The smallest absolute Gasteiger partial charge is 0.255 e. The summed E-state index contributed by atoms with van der Waals surface area (Å²) in [6.45, 7) is 0.397. The van der Waals surface area contributed by atoms with Crippen LogP contribution in [-0.2, 0) is 11.2 Å². The lowest BCUT2D eigenvalue weighted by Gasteiger charge is -2.22. The number of hydrogen-bond donors (Lipinski definition) is 2. The molecule has 148 valence electrons. The Morgan fingerprint density at radius 1 is 1.00 bits per heavy atom. The summed E-state index contributed by atoms with van der Waals surface area (Å²) < 4.78 is 0. The molecule has 0 aliphatic heterocycles. The van der Waals surface area contributed by atoms with Gasteiger partial charge in [-0.25, -0.2) is 0 Å². The predicted molar refractivity (Wildman–Crippen MR) is 113 cm³/mol. The number of nitrogens with two attached hydrogens (primary N) is 1. The molecule has 3 N–H and O–H groups in total. The van der Waals surface area contributed by atoms with E-state index in [0.29, 0.717) is 24.2 Å². The second-order valence-electron chi connectivity index (χ2n) is 6.86. The Hall–Kier alpha value is -3.51. The van der Waals surface area contributed by atoms with Crippen LogP contribution in [0.3, 0.4) is 0 Å². The number of pyridine rings is 1. The third kappa shape index (κ3) is 5.73. The van der Waals surface area contributed by atoms with Crippen LogP contribution in [0.25, 0.3) is 0 Å². The van der Waals surface area contributed by atoms with Crippen molar-refractivity contribution in [3.05, 3.63) is 95.8 Å². The van der Waals surface area contributed by atoms with Crippen molar-refractivity contribution in [3.8, 4) is 0 Å². The zero-order chi connectivity index (χ0) is 20.6. The molecule has 0 aliphatic rings. The lowest BCUT2D eigenvalue weighted by Crippen LogP contribution is -2.35. The molecule has 0 bridgehead atoms. The van der Waals surface area contributed by atoms with E-state index in [4.69, 9.17) is 5.73 Å². The molecule has 0 fully saturated rings. The van der Waals surface area contributed by atoms with Crippen molar-refractivity contribution in [1.82, 2.24) is 9.88 Å². The molecule has 29 heavy (non-hydrogen) atoms. The molecule has 1 unspecified atom stereocenters. The topological polar surface area (TPSA) is 88.3 Å². The lowest BCUT2D eigenvalue weighted by molar-refractivity contribution is -0.129. The highest BCUT2D eigenvalue weighted by Crippen LogP contribution is 2.15. The number of carbonyl (C=O) groups excluding carboxylic acids is 2. The summed E-state index contributed by atoms with van der Waals surface area (Å²) in [5.74, 6) is -0.188. The number of amides is 2. The molecule has 2 amide bonds. The minimum Gasteiger partial charge on any atom is -0.344 e. The average Bonchev–Trinajstić information content (AvgIpc) is 2.75. The first kappa shape index (κ1) is 20.2. The quantitative estimate of drug-likeness (QED) is 0.651. The van der Waals surface area contributed by atoms with Crippen molar-refractivity contribution in [1.29, 1.82) is 0 Å². The van der Waals surface area contributed by atoms with Crippen LogP contribution in [0.4, 0.5) is 5.69 Å². The number of benzene rings is 2. The van der Waals surface area contributed by atoms with Gasteiger partial charge in [0.25, 0.3) is 5.91 Å². The standard InChI is InChI=1S/C23H24N4O2/c1-27(22(28)15-17-5-3-2-4-6-17)16-21(24)18-7-9-19(10-8-18)23(29)26-20-11-13-25-14-12-20/h2-14,21H,15-16,24H2,1H3,(H,25,26,29). The van der Waals surface area contributed by atoms with Crippen LogP contribution in [0.1, 0.15) is 27.5 Å². The Bertz CT molecular complexity index is 944. The Balaban J connectivity index is 1.56. The van der Waals surface area contributed by atoms with Crippen LogP contribution in [0.2, 0.25) is 0 Å². The molecule has 0 saturated carbocycles. The molecule has 1 atom stereocenters. The van der Waals surface area contributed by atoms with Gasteiger partial charge in [-0.2, -0.15) is 0 Å². The highest BCUT2D eigenvalue weighted by atomic mass is 16.2. The highest BCUT2D eigenvalue weighted by Gasteiger charge is 2.15. The Kier molecular flexibility index (Phi) is 6.71. The fraction of sp³-hybridized carbons (Fsp3) is 0.174. The van der Waals surface area contributed by atoms with Crippen LogP contribution in [-0.4, -0.2) is 35.3 Å². The van der Waals surface area contributed by atoms with Gasteiger partial charge in [-0.15, -0.1) is 0 Å². The van der Waals surface area contributed by atoms with Crippen LogP contribution in [0.15, 0.2) is 79.1 Å². The average molecular weight is 388 g/mol. The first-order valence-electron chi connectivity index (χ1n) is 9.38. The van der Waals surface area contributed by atoms with Gasteiger partial charge in [0.15, 0.2) is 0 Å². The largest absolute Gasteiger partial charge is 0.344 e. The molecule has 1 heterocycles. The van der Waals surface area contributed by atoms with Crippen LogP contribution in [0.5, 0.6) is 0 Å². The van der Waals surface area contributed by atoms with Crippen molar-refractivity contribution in [3.63, 3.8) is 0 Å². The third-order valence-electron chi connectivity index (χ3n) is 4.63. The van der Waals surface area contributed by atoms with Crippen molar-refractivity contribution in [2.75, 3.05) is 18.9 Å². The molecule has 6 nitrogen and oxygen atoms in total. The van der Waals surface area contributed by atoms with E-state index in [0.717, 1.165) is 11.1 Å². The molecule has 2 aromatic carbocycles. The van der Waals surface area contributed by atoms with E-state index in [2.05, 4.69) is 10.3 Å². The van der Waals surface area contributed by atoms with Crippen LogP contribution in [0, 0.1) is 0 Å². The number of hydrogen-bond acceptors (Lipinski definition) is 4. The number of nitrogens with one attached hydrogen (secondary N) is 1. The molecule has 6 heteroatoms. The second kappa shape index (κ2) is 9.61. The van der Waals surface area contributed by atoms with Gasteiger partial charge in [0.05, 0.1) is 6.42 Å². The first-order valence-corrected chi connectivity index (χ1v) is 9.38. The summed E-state index contributed by atoms with van der Waals surface area (Å²) in [6, 6.07) is 19.9. The molecule has 0 radical (unpaired) electrons. The summed E-state index contributed by atoms with van der Waals surface area (Å²) in [6.07, 6.45) is 3.58. The maximum atomic E-state index is 12.4. The van der Waals surface area contributed by atoms with Crippen molar-refractivity contribution >= 4 is 17.5 Å². The number of rotatable bonds is 7. The van der Waals surface area contributed by atoms with Gasteiger partial charge in [-0.3, -0.25) is 14.6 Å². The molecule has 0 saturated heterocycles. The number of likely N-dealkylation sites (N-methyl/N-ethyl adjacent to an activating group) is 1. The number of carbonyl (C=O) groups is 2. The maximum Gasteiger partial charge on any atom is 0.255 e. The second-order valence-corrected chi connectivity index (χ2v) is 6.86. The lowest BCUT2D eigenvalue weighted by atomic mass is 10.0. The van der Waals surface area contributed by atoms with Gasteiger partial charge >= 0.3 is 0 Å². The number of nitrogens with zero attached hydrogens (tertiary/aromatic N) is 2. The monoisotopic (exact) mass is 388 g/mol. The van der Waals surface area contributed by atoms with Gasteiger partial charge in [0, 0.05) is 43.3 Å². The molecule has 0 spiro atoms. The first-order chi connectivity index (χ1) is 14.0. The molecule has 1 aromatic heterocycles. The number of aromatic nitrogens is 1. The Morgan fingerprint density at radius 3 is 2.31 bits per heavy atom. The van der Waals surface area contributed by atoms with Gasteiger partial charge in [0.2, 0.25) is 5.91 Å². The minimum absolute atomic E-state index is 0.0139. The van der Waals surface area contributed by atoms with Crippen LogP contribution < -0.4 is 11.1 Å². The van der Waals surface area contributed by atoms with E-state index in [9.17, 15) is 9.59 Å². The van der Waals surface area contributed by atoms with Gasteiger partial charge < -0.3 is 16.0 Å². The van der Waals surface area contributed by atoms with E-state index in [-0.39, 0.29) is 17.9 Å². The summed E-state index contributed by atoms with van der Waals surface area (Å²) in [7, 11) is 1.75. The van der Waals surface area contributed by atoms with Gasteiger partial charge in [0.1, 0.15) is 0 Å². The van der Waals surface area contributed by atoms with E-state index in [1.807, 2.05) is 42.5 Å². The zero-order valence-electron chi connectivity index (χ0n) is 16.3. The van der Waals surface area contributed by atoms with Crippen molar-refractivity contribution in [2.45, 2.75) is 12.5 Å². The highest BCUT2D eigenvalue weighted by molar-refractivity contribution is 6.04. The maximum absolute atomic E-state index is 12.4. The minimum atomic E-state index is -0.336. The van der Waals surface area contributed by atoms with E-state index in [1.54, 1.807) is 48.6 Å². The van der Waals surface area contributed by atoms with E-state index < -0.39 is 0 Å². The molecule has 0 aliphatic carbocycles. The van der Waals surface area contributed by atoms with Gasteiger partial charge in [-0.1, -0.05) is 42.5 Å². The van der Waals surface area contributed by atoms with Crippen LogP contribution >= 0.6 is 0 Å². The number of anilines is 1. The normalized spacial score (nSPS) is 11.5. The Labute approximate surface area is 170 Å². The summed E-state index contributed by atoms with van der Waals surface area (Å²) >= 11 is 0. The summed E-state index contributed by atoms with van der Waals surface area (Å²) in [5, 5.41) is 2.81. The molecular weight excluding hydrogens is 364 g/mol. The molecule has 3 rings (SSSR count). The molecular formula is C23H24N4O2. The Morgan fingerprint density at radius 2 is 1.66 bits per heavy atom. The predicted octanol–water partition coefficient (Wildman–Crippen LogP) is 3.03. The summed E-state index contributed by atoms with van der Waals surface area (Å²) in [5.41, 5.74) is 9.33. The summed E-state index contributed by atoms with van der Waals surface area (Å²) in [4.78, 5) is 30.3. The SMILES string of the molecule is CN(CC(N)c1ccc(C(=O)Nc2ccncc2)cc1)C(=O)Cc1ccccc1. The zero-order valence-corrected chi connectivity index (χ0v) is 16.3. The molecule has 3 aromatic rings. The van der Waals surface area contributed by atoms with Gasteiger partial charge in [-0.05, 0) is 35.4 Å². The van der Waals surface area contributed by atoms with E-state index >= 15 is 0 Å². The van der Waals surface area contributed by atoms with E-state index in [1.165, 1.54) is 0 Å². The van der Waals surface area contributed by atoms with Crippen molar-refractivity contribution in [2.24, 2.45) is 5.73 Å². The third-order valence-corrected chi connectivity index (χ3v) is 4.63. The fourth-order valence-corrected chi connectivity index (χ4v) is 2.93. The fourth-order valence-electron chi connectivity index (χ4n) is 2.93.